The molecular weight excluding hydrogens is 220 g/mol. The molecule has 1 aromatic rings. The van der Waals surface area contributed by atoms with Crippen LogP contribution in [0.1, 0.15) is 42.9 Å². The molecule has 0 heterocycles. The van der Waals surface area contributed by atoms with Crippen molar-refractivity contribution >= 4 is 0 Å². The first-order valence-corrected chi connectivity index (χ1v) is 7.17. The molecule has 1 fully saturated rings. The average molecular weight is 246 g/mol. The summed E-state index contributed by atoms with van der Waals surface area (Å²) in [4.78, 5) is 2.45. The predicted molar refractivity (Wildman–Crippen MR) is 77.6 cm³/mol. The van der Waals surface area contributed by atoms with Gasteiger partial charge in [0.15, 0.2) is 0 Å². The van der Waals surface area contributed by atoms with E-state index in [-0.39, 0.29) is 0 Å². The number of nitrogens with two attached hydrogens (primary N) is 1. The Morgan fingerprint density at radius 1 is 1.22 bits per heavy atom. The van der Waals surface area contributed by atoms with Crippen LogP contribution in [-0.4, -0.2) is 25.0 Å². The van der Waals surface area contributed by atoms with E-state index in [1.165, 1.54) is 43.4 Å². The molecule has 1 unspecified atom stereocenters. The summed E-state index contributed by atoms with van der Waals surface area (Å²) in [6.45, 7) is 4.02. The van der Waals surface area contributed by atoms with E-state index in [9.17, 15) is 0 Å². The first kappa shape index (κ1) is 13.6. The third-order valence-electron chi connectivity index (χ3n) is 4.24. The number of hydrogen-bond donors (Lipinski definition) is 1. The quantitative estimate of drug-likeness (QED) is 0.865. The molecule has 1 aromatic carbocycles. The summed E-state index contributed by atoms with van der Waals surface area (Å²) < 4.78 is 0. The van der Waals surface area contributed by atoms with Crippen LogP contribution in [0.15, 0.2) is 24.3 Å². The van der Waals surface area contributed by atoms with Crippen molar-refractivity contribution in [3.63, 3.8) is 0 Å². The summed E-state index contributed by atoms with van der Waals surface area (Å²) in [6, 6.07) is 9.17. The Morgan fingerprint density at radius 2 is 1.83 bits per heavy atom. The zero-order chi connectivity index (χ0) is 13.0. The van der Waals surface area contributed by atoms with Crippen LogP contribution in [0.3, 0.4) is 0 Å². The molecule has 1 aliphatic rings. The molecule has 0 aromatic heterocycles. The summed E-state index contributed by atoms with van der Waals surface area (Å²) >= 11 is 0. The Hall–Kier alpha value is -0.860. The van der Waals surface area contributed by atoms with Gasteiger partial charge in [-0.15, -0.1) is 0 Å². The van der Waals surface area contributed by atoms with Crippen molar-refractivity contribution in [2.24, 2.45) is 11.7 Å². The normalized spacial score (nSPS) is 18.4. The highest BCUT2D eigenvalue weighted by Crippen LogP contribution is 2.28. The molecule has 0 spiro atoms. The first-order chi connectivity index (χ1) is 8.70. The van der Waals surface area contributed by atoms with Gasteiger partial charge in [0.2, 0.25) is 0 Å². The van der Waals surface area contributed by atoms with Gasteiger partial charge in [0.05, 0.1) is 0 Å². The molecule has 0 bridgehead atoms. The van der Waals surface area contributed by atoms with Crippen LogP contribution in [-0.2, 0) is 0 Å². The molecule has 0 saturated heterocycles. The number of likely N-dealkylation sites (N-methyl/N-ethyl adjacent to an activating group) is 1. The standard InChI is InChI=1S/C16H26N2/c1-13-7-9-15(10-8-13)16(11-17)18(2)12-14-5-3-4-6-14/h7-10,14,16H,3-6,11-12,17H2,1-2H3. The molecule has 2 N–H and O–H groups in total. The van der Waals surface area contributed by atoms with Crippen LogP contribution in [0.5, 0.6) is 0 Å². The maximum atomic E-state index is 5.98. The highest BCUT2D eigenvalue weighted by atomic mass is 15.1. The van der Waals surface area contributed by atoms with Crippen LogP contribution >= 0.6 is 0 Å². The minimum absolute atomic E-state index is 0.367. The first-order valence-electron chi connectivity index (χ1n) is 7.17. The smallest absolute Gasteiger partial charge is 0.0467 e. The van der Waals surface area contributed by atoms with E-state index in [0.29, 0.717) is 12.6 Å². The summed E-state index contributed by atoms with van der Waals surface area (Å²) in [5.74, 6) is 0.884. The SMILES string of the molecule is Cc1ccc(C(CN)N(C)CC2CCCC2)cc1. The zero-order valence-electron chi connectivity index (χ0n) is 11.7. The van der Waals surface area contributed by atoms with Crippen molar-refractivity contribution in [2.45, 2.75) is 38.6 Å². The fourth-order valence-corrected chi connectivity index (χ4v) is 3.09. The molecular formula is C16H26N2. The lowest BCUT2D eigenvalue weighted by molar-refractivity contribution is 0.212. The second kappa shape index (κ2) is 6.35. The van der Waals surface area contributed by atoms with E-state index in [0.717, 1.165) is 5.92 Å². The lowest BCUT2D eigenvalue weighted by Crippen LogP contribution is -2.33. The zero-order valence-corrected chi connectivity index (χ0v) is 11.7. The highest BCUT2D eigenvalue weighted by molar-refractivity contribution is 5.24. The van der Waals surface area contributed by atoms with Gasteiger partial charge in [-0.2, -0.15) is 0 Å². The largest absolute Gasteiger partial charge is 0.329 e. The van der Waals surface area contributed by atoms with Crippen LogP contribution < -0.4 is 5.73 Å². The Kier molecular flexibility index (Phi) is 4.79. The van der Waals surface area contributed by atoms with Gasteiger partial charge < -0.3 is 5.73 Å². The number of aryl methyl sites for hydroxylation is 1. The second-order valence-corrected chi connectivity index (χ2v) is 5.75. The van der Waals surface area contributed by atoms with E-state index < -0.39 is 0 Å². The van der Waals surface area contributed by atoms with E-state index in [1.807, 2.05) is 0 Å². The minimum Gasteiger partial charge on any atom is -0.329 e. The van der Waals surface area contributed by atoms with Gasteiger partial charge >= 0.3 is 0 Å². The lowest BCUT2D eigenvalue weighted by Gasteiger charge is -2.29. The second-order valence-electron chi connectivity index (χ2n) is 5.75. The molecule has 2 nitrogen and oxygen atoms in total. The summed E-state index contributed by atoms with van der Waals surface area (Å²) in [6.07, 6.45) is 5.62. The summed E-state index contributed by atoms with van der Waals surface area (Å²) in [7, 11) is 2.22. The van der Waals surface area contributed by atoms with Crippen molar-refractivity contribution in [3.8, 4) is 0 Å². The Labute approximate surface area is 111 Å². The monoisotopic (exact) mass is 246 g/mol. The van der Waals surface area contributed by atoms with E-state index >= 15 is 0 Å². The van der Waals surface area contributed by atoms with Gasteiger partial charge in [-0.25, -0.2) is 0 Å². The number of rotatable bonds is 5. The predicted octanol–water partition coefficient (Wildman–Crippen LogP) is 3.12. The van der Waals surface area contributed by atoms with E-state index in [2.05, 4.69) is 43.1 Å². The summed E-state index contributed by atoms with van der Waals surface area (Å²) in [5.41, 5.74) is 8.64. The molecule has 1 saturated carbocycles. The molecule has 100 valence electrons. The van der Waals surface area contributed by atoms with Crippen molar-refractivity contribution in [1.29, 1.82) is 0 Å². The lowest BCUT2D eigenvalue weighted by atomic mass is 10.0. The van der Waals surface area contributed by atoms with Crippen molar-refractivity contribution in [1.82, 2.24) is 4.90 Å². The van der Waals surface area contributed by atoms with Crippen molar-refractivity contribution in [2.75, 3.05) is 20.1 Å². The van der Waals surface area contributed by atoms with Crippen molar-refractivity contribution in [3.05, 3.63) is 35.4 Å². The molecule has 0 aliphatic heterocycles. The number of benzene rings is 1. The molecule has 1 aliphatic carbocycles. The number of hydrogen-bond acceptors (Lipinski definition) is 2. The van der Waals surface area contributed by atoms with Crippen molar-refractivity contribution < 1.29 is 0 Å². The molecule has 18 heavy (non-hydrogen) atoms. The van der Waals surface area contributed by atoms with Crippen LogP contribution in [0.25, 0.3) is 0 Å². The highest BCUT2D eigenvalue weighted by Gasteiger charge is 2.21. The summed E-state index contributed by atoms with van der Waals surface area (Å²) in [5, 5.41) is 0. The maximum Gasteiger partial charge on any atom is 0.0467 e. The maximum absolute atomic E-state index is 5.98. The molecule has 1 atom stereocenters. The van der Waals surface area contributed by atoms with Gasteiger partial charge in [-0.3, -0.25) is 4.90 Å². The molecule has 2 heteroatoms. The Morgan fingerprint density at radius 3 is 2.39 bits per heavy atom. The third kappa shape index (κ3) is 3.33. The van der Waals surface area contributed by atoms with Gasteiger partial charge in [-0.1, -0.05) is 42.7 Å². The van der Waals surface area contributed by atoms with Crippen LogP contribution in [0, 0.1) is 12.8 Å². The molecule has 0 amide bonds. The Bertz CT molecular complexity index is 352. The molecule has 2 rings (SSSR count). The fourth-order valence-electron chi connectivity index (χ4n) is 3.09. The van der Waals surface area contributed by atoms with Gasteiger partial charge in [0.1, 0.15) is 0 Å². The third-order valence-corrected chi connectivity index (χ3v) is 4.24. The topological polar surface area (TPSA) is 29.3 Å². The minimum atomic E-state index is 0.367. The van der Waals surface area contributed by atoms with Crippen LogP contribution in [0.2, 0.25) is 0 Å². The van der Waals surface area contributed by atoms with E-state index in [4.69, 9.17) is 5.73 Å². The fraction of sp³-hybridized carbons (Fsp3) is 0.625. The average Bonchev–Trinajstić information content (AvgIpc) is 2.85. The van der Waals surface area contributed by atoms with Gasteiger partial charge in [0.25, 0.3) is 0 Å². The van der Waals surface area contributed by atoms with Crippen LogP contribution in [0.4, 0.5) is 0 Å². The Balaban J connectivity index is 2.00. The van der Waals surface area contributed by atoms with E-state index in [1.54, 1.807) is 0 Å². The van der Waals surface area contributed by atoms with Gasteiger partial charge in [0, 0.05) is 19.1 Å². The molecule has 0 radical (unpaired) electrons. The van der Waals surface area contributed by atoms with Gasteiger partial charge in [-0.05, 0) is 38.3 Å². The number of nitrogens with zero attached hydrogens (tertiary/aromatic N) is 1.